The molecule has 2 aromatic heterocycles. The first kappa shape index (κ1) is 12.0. The highest BCUT2D eigenvalue weighted by Gasteiger charge is 2.24. The zero-order chi connectivity index (χ0) is 12.6. The van der Waals surface area contributed by atoms with E-state index in [2.05, 4.69) is 35.8 Å². The van der Waals surface area contributed by atoms with E-state index in [-0.39, 0.29) is 5.41 Å². The van der Waals surface area contributed by atoms with Gasteiger partial charge >= 0.3 is 0 Å². The fourth-order valence-electron chi connectivity index (χ4n) is 1.67. The van der Waals surface area contributed by atoms with Crippen LogP contribution in [0.15, 0.2) is 18.5 Å². The second-order valence-electron chi connectivity index (χ2n) is 5.02. The molecule has 0 amide bonds. The van der Waals surface area contributed by atoms with E-state index in [9.17, 15) is 0 Å². The average Bonchev–Trinajstić information content (AvgIpc) is 2.60. The zero-order valence-electron chi connectivity index (χ0n) is 10.4. The smallest absolute Gasteiger partial charge is 0.164 e. The zero-order valence-corrected chi connectivity index (χ0v) is 11.2. The number of halogens is 1. The standard InChI is InChI=1S/C12H15ClN4/c1-12(2,3)10-8(7-17(4)16-10)11-14-6-5-9(13)15-11/h5-7H,1-4H3. The topological polar surface area (TPSA) is 43.6 Å². The molecule has 0 fully saturated rings. The van der Waals surface area contributed by atoms with Gasteiger partial charge in [-0.2, -0.15) is 5.10 Å². The maximum absolute atomic E-state index is 5.89. The molecule has 0 saturated heterocycles. The third-order valence-electron chi connectivity index (χ3n) is 2.40. The summed E-state index contributed by atoms with van der Waals surface area (Å²) >= 11 is 5.89. The van der Waals surface area contributed by atoms with Gasteiger partial charge in [0.25, 0.3) is 0 Å². The van der Waals surface area contributed by atoms with Crippen molar-refractivity contribution in [2.75, 3.05) is 0 Å². The van der Waals surface area contributed by atoms with Crippen LogP contribution in [0.1, 0.15) is 26.5 Å². The summed E-state index contributed by atoms with van der Waals surface area (Å²) in [5, 5.41) is 4.92. The minimum atomic E-state index is -0.0533. The van der Waals surface area contributed by atoms with E-state index >= 15 is 0 Å². The van der Waals surface area contributed by atoms with Crippen LogP contribution in [0.5, 0.6) is 0 Å². The van der Waals surface area contributed by atoms with Crippen molar-refractivity contribution in [1.29, 1.82) is 0 Å². The first-order valence-electron chi connectivity index (χ1n) is 5.41. The van der Waals surface area contributed by atoms with Crippen molar-refractivity contribution in [3.63, 3.8) is 0 Å². The highest BCUT2D eigenvalue weighted by Crippen LogP contribution is 2.30. The summed E-state index contributed by atoms with van der Waals surface area (Å²) in [6.07, 6.45) is 3.58. The number of aromatic nitrogens is 4. The molecular weight excluding hydrogens is 236 g/mol. The number of aryl methyl sites for hydroxylation is 1. The van der Waals surface area contributed by atoms with Gasteiger partial charge < -0.3 is 0 Å². The Hall–Kier alpha value is -1.42. The van der Waals surface area contributed by atoms with Crippen molar-refractivity contribution in [3.8, 4) is 11.4 Å². The van der Waals surface area contributed by atoms with Crippen LogP contribution in [-0.4, -0.2) is 19.7 Å². The molecule has 2 rings (SSSR count). The molecule has 0 N–H and O–H groups in total. The van der Waals surface area contributed by atoms with Crippen molar-refractivity contribution in [3.05, 3.63) is 29.3 Å². The summed E-state index contributed by atoms with van der Waals surface area (Å²) in [4.78, 5) is 8.48. The SMILES string of the molecule is Cn1cc(-c2nccc(Cl)n2)c(C(C)(C)C)n1. The molecule has 5 heteroatoms. The van der Waals surface area contributed by atoms with E-state index in [1.54, 1.807) is 16.9 Å². The van der Waals surface area contributed by atoms with Gasteiger partial charge in [0.05, 0.1) is 11.3 Å². The monoisotopic (exact) mass is 250 g/mol. The van der Waals surface area contributed by atoms with Gasteiger partial charge in [0.1, 0.15) is 5.15 Å². The number of hydrogen-bond acceptors (Lipinski definition) is 3. The Labute approximate surface area is 106 Å². The molecule has 17 heavy (non-hydrogen) atoms. The number of rotatable bonds is 1. The molecule has 2 heterocycles. The Morgan fingerprint density at radius 2 is 2.00 bits per heavy atom. The molecule has 0 unspecified atom stereocenters. The predicted octanol–water partition coefficient (Wildman–Crippen LogP) is 2.83. The van der Waals surface area contributed by atoms with E-state index in [1.165, 1.54) is 0 Å². The van der Waals surface area contributed by atoms with Crippen LogP contribution < -0.4 is 0 Å². The maximum Gasteiger partial charge on any atom is 0.164 e. The predicted molar refractivity (Wildman–Crippen MR) is 67.9 cm³/mol. The second kappa shape index (κ2) is 4.11. The quantitative estimate of drug-likeness (QED) is 0.731. The van der Waals surface area contributed by atoms with Gasteiger partial charge in [0.2, 0.25) is 0 Å². The lowest BCUT2D eigenvalue weighted by Gasteiger charge is -2.16. The maximum atomic E-state index is 5.89. The van der Waals surface area contributed by atoms with Crippen molar-refractivity contribution in [2.24, 2.45) is 7.05 Å². The second-order valence-corrected chi connectivity index (χ2v) is 5.41. The molecular formula is C12H15ClN4. The van der Waals surface area contributed by atoms with Crippen LogP contribution in [0.25, 0.3) is 11.4 Å². The Morgan fingerprint density at radius 1 is 1.29 bits per heavy atom. The van der Waals surface area contributed by atoms with Gasteiger partial charge in [0.15, 0.2) is 5.82 Å². The molecule has 0 bridgehead atoms. The van der Waals surface area contributed by atoms with E-state index in [0.717, 1.165) is 11.3 Å². The van der Waals surface area contributed by atoms with Crippen LogP contribution in [0.3, 0.4) is 0 Å². The first-order chi connectivity index (χ1) is 7.88. The highest BCUT2D eigenvalue weighted by molar-refractivity contribution is 6.29. The van der Waals surface area contributed by atoms with E-state index < -0.39 is 0 Å². The van der Waals surface area contributed by atoms with Crippen LogP contribution in [0.2, 0.25) is 5.15 Å². The molecule has 0 radical (unpaired) electrons. The van der Waals surface area contributed by atoms with E-state index in [1.807, 2.05) is 13.2 Å². The van der Waals surface area contributed by atoms with Gasteiger partial charge in [0, 0.05) is 24.9 Å². The molecule has 0 spiro atoms. The van der Waals surface area contributed by atoms with Crippen LogP contribution in [0.4, 0.5) is 0 Å². The fraction of sp³-hybridized carbons (Fsp3) is 0.417. The van der Waals surface area contributed by atoms with Crippen molar-refractivity contribution < 1.29 is 0 Å². The Kier molecular flexibility index (Phi) is 2.91. The Bertz CT molecular complexity index is 540. The molecule has 4 nitrogen and oxygen atoms in total. The summed E-state index contributed by atoms with van der Waals surface area (Å²) in [6.45, 7) is 6.34. The molecule has 0 atom stereocenters. The molecule has 0 aliphatic heterocycles. The molecule has 0 aliphatic carbocycles. The largest absolute Gasteiger partial charge is 0.275 e. The lowest BCUT2D eigenvalue weighted by atomic mass is 9.89. The lowest BCUT2D eigenvalue weighted by molar-refractivity contribution is 0.554. The summed E-state index contributed by atoms with van der Waals surface area (Å²) in [6, 6.07) is 1.66. The Balaban J connectivity index is 2.60. The molecule has 0 saturated carbocycles. The van der Waals surface area contributed by atoms with Gasteiger partial charge in [-0.05, 0) is 6.07 Å². The number of hydrogen-bond donors (Lipinski definition) is 0. The summed E-state index contributed by atoms with van der Waals surface area (Å²) < 4.78 is 1.78. The fourth-order valence-corrected chi connectivity index (χ4v) is 1.81. The van der Waals surface area contributed by atoms with Crippen LogP contribution in [0, 0.1) is 0 Å². The van der Waals surface area contributed by atoms with Crippen LogP contribution in [-0.2, 0) is 12.5 Å². The Morgan fingerprint density at radius 3 is 2.59 bits per heavy atom. The molecule has 2 aromatic rings. The average molecular weight is 251 g/mol. The first-order valence-corrected chi connectivity index (χ1v) is 5.79. The lowest BCUT2D eigenvalue weighted by Crippen LogP contribution is -2.14. The van der Waals surface area contributed by atoms with Crippen molar-refractivity contribution >= 4 is 11.6 Å². The normalized spacial score (nSPS) is 11.8. The minimum absolute atomic E-state index is 0.0533. The van der Waals surface area contributed by atoms with Gasteiger partial charge in [-0.1, -0.05) is 32.4 Å². The van der Waals surface area contributed by atoms with Gasteiger partial charge in [-0.3, -0.25) is 4.68 Å². The molecule has 0 aliphatic rings. The number of nitrogens with zero attached hydrogens (tertiary/aromatic N) is 4. The van der Waals surface area contributed by atoms with Gasteiger partial charge in [-0.15, -0.1) is 0 Å². The third kappa shape index (κ3) is 2.47. The molecule has 0 aromatic carbocycles. The van der Waals surface area contributed by atoms with E-state index in [4.69, 9.17) is 11.6 Å². The summed E-state index contributed by atoms with van der Waals surface area (Å²) in [5.41, 5.74) is 1.85. The minimum Gasteiger partial charge on any atom is -0.275 e. The molecule has 90 valence electrons. The van der Waals surface area contributed by atoms with Gasteiger partial charge in [-0.25, -0.2) is 9.97 Å². The van der Waals surface area contributed by atoms with Crippen LogP contribution >= 0.6 is 11.6 Å². The van der Waals surface area contributed by atoms with E-state index in [0.29, 0.717) is 11.0 Å². The summed E-state index contributed by atoms with van der Waals surface area (Å²) in [7, 11) is 1.89. The highest BCUT2D eigenvalue weighted by atomic mass is 35.5. The summed E-state index contributed by atoms with van der Waals surface area (Å²) in [5.74, 6) is 0.621. The van der Waals surface area contributed by atoms with Crippen molar-refractivity contribution in [2.45, 2.75) is 26.2 Å². The van der Waals surface area contributed by atoms with Crippen molar-refractivity contribution in [1.82, 2.24) is 19.7 Å². The third-order valence-corrected chi connectivity index (χ3v) is 2.61.